The SMILES string of the molecule is Cc1nnc(-c2cn(C)cn2)nn1. The van der Waals surface area contributed by atoms with Gasteiger partial charge < -0.3 is 4.57 Å². The van der Waals surface area contributed by atoms with E-state index in [1.54, 1.807) is 13.3 Å². The lowest BCUT2D eigenvalue weighted by molar-refractivity contribution is 0.813. The molecule has 0 aliphatic heterocycles. The highest BCUT2D eigenvalue weighted by atomic mass is 15.3. The molecule has 0 fully saturated rings. The fraction of sp³-hybridized carbons (Fsp3) is 0.286. The molecule has 6 heteroatoms. The summed E-state index contributed by atoms with van der Waals surface area (Å²) in [5.41, 5.74) is 0.683. The Kier molecular flexibility index (Phi) is 1.73. The molecule has 0 saturated heterocycles. The van der Waals surface area contributed by atoms with E-state index in [4.69, 9.17) is 0 Å². The molecule has 2 aromatic rings. The van der Waals surface area contributed by atoms with E-state index in [0.717, 1.165) is 0 Å². The summed E-state index contributed by atoms with van der Waals surface area (Å²) in [5, 5.41) is 15.3. The van der Waals surface area contributed by atoms with Crippen LogP contribution >= 0.6 is 0 Å². The van der Waals surface area contributed by atoms with Crippen LogP contribution in [0.5, 0.6) is 0 Å². The van der Waals surface area contributed by atoms with Crippen molar-refractivity contribution in [3.05, 3.63) is 18.3 Å². The van der Waals surface area contributed by atoms with Crippen molar-refractivity contribution in [1.82, 2.24) is 29.9 Å². The van der Waals surface area contributed by atoms with Gasteiger partial charge in [-0.25, -0.2) is 4.98 Å². The minimum atomic E-state index is 0.450. The van der Waals surface area contributed by atoms with Crippen molar-refractivity contribution in [2.24, 2.45) is 7.05 Å². The molecule has 2 rings (SSSR count). The van der Waals surface area contributed by atoms with Crippen molar-refractivity contribution >= 4 is 0 Å². The Balaban J connectivity index is 2.41. The van der Waals surface area contributed by atoms with E-state index in [-0.39, 0.29) is 0 Å². The van der Waals surface area contributed by atoms with Crippen LogP contribution in [0.25, 0.3) is 11.5 Å². The topological polar surface area (TPSA) is 69.4 Å². The second kappa shape index (κ2) is 2.89. The summed E-state index contributed by atoms with van der Waals surface area (Å²) in [4.78, 5) is 4.07. The molecule has 2 aromatic heterocycles. The van der Waals surface area contributed by atoms with E-state index in [2.05, 4.69) is 25.4 Å². The molecule has 66 valence electrons. The zero-order valence-corrected chi connectivity index (χ0v) is 7.34. The molecule has 0 aromatic carbocycles. The van der Waals surface area contributed by atoms with Crippen molar-refractivity contribution in [1.29, 1.82) is 0 Å². The van der Waals surface area contributed by atoms with Gasteiger partial charge in [0.15, 0.2) is 5.82 Å². The van der Waals surface area contributed by atoms with Gasteiger partial charge >= 0.3 is 0 Å². The number of nitrogens with zero attached hydrogens (tertiary/aromatic N) is 6. The first-order valence-electron chi connectivity index (χ1n) is 3.78. The van der Waals surface area contributed by atoms with E-state index in [9.17, 15) is 0 Å². The first kappa shape index (κ1) is 7.78. The Morgan fingerprint density at radius 2 is 1.85 bits per heavy atom. The lowest BCUT2D eigenvalue weighted by Crippen LogP contribution is -1.98. The van der Waals surface area contributed by atoms with Gasteiger partial charge in [-0.1, -0.05) is 0 Å². The summed E-state index contributed by atoms with van der Waals surface area (Å²) in [6, 6.07) is 0. The zero-order chi connectivity index (χ0) is 9.26. The van der Waals surface area contributed by atoms with Crippen LogP contribution in [-0.4, -0.2) is 29.9 Å². The summed E-state index contributed by atoms with van der Waals surface area (Å²) < 4.78 is 1.82. The van der Waals surface area contributed by atoms with Crippen LogP contribution in [0, 0.1) is 6.92 Å². The maximum atomic E-state index is 4.07. The molecule has 0 saturated carbocycles. The summed E-state index contributed by atoms with van der Waals surface area (Å²) in [7, 11) is 1.88. The van der Waals surface area contributed by atoms with Crippen molar-refractivity contribution in [2.75, 3.05) is 0 Å². The Morgan fingerprint density at radius 3 is 2.38 bits per heavy atom. The van der Waals surface area contributed by atoms with Gasteiger partial charge in [0.1, 0.15) is 5.69 Å². The van der Waals surface area contributed by atoms with Gasteiger partial charge in [-0.15, -0.1) is 20.4 Å². The number of imidazole rings is 1. The van der Waals surface area contributed by atoms with Gasteiger partial charge in [-0.2, -0.15) is 0 Å². The van der Waals surface area contributed by atoms with Crippen molar-refractivity contribution in [3.63, 3.8) is 0 Å². The highest BCUT2D eigenvalue weighted by molar-refractivity contribution is 5.45. The Labute approximate surface area is 74.7 Å². The molecule has 2 heterocycles. The van der Waals surface area contributed by atoms with E-state index >= 15 is 0 Å². The lowest BCUT2D eigenvalue weighted by atomic mass is 10.5. The highest BCUT2D eigenvalue weighted by Crippen LogP contribution is 2.07. The van der Waals surface area contributed by atoms with Gasteiger partial charge in [0.05, 0.1) is 6.33 Å². The monoisotopic (exact) mass is 176 g/mol. The minimum absolute atomic E-state index is 0.450. The second-order valence-electron chi connectivity index (χ2n) is 2.70. The average Bonchev–Trinajstić information content (AvgIpc) is 2.53. The Bertz CT molecular complexity index is 403. The largest absolute Gasteiger partial charge is 0.340 e. The van der Waals surface area contributed by atoms with Crippen molar-refractivity contribution < 1.29 is 0 Å². The maximum absolute atomic E-state index is 4.07. The number of hydrogen-bond donors (Lipinski definition) is 0. The predicted octanol–water partition coefficient (Wildman–Crippen LogP) is -0.0245. The van der Waals surface area contributed by atoms with Gasteiger partial charge in [0, 0.05) is 13.2 Å². The molecule has 0 atom stereocenters. The summed E-state index contributed by atoms with van der Waals surface area (Å²) >= 11 is 0. The van der Waals surface area contributed by atoms with E-state index < -0.39 is 0 Å². The molecule has 0 radical (unpaired) electrons. The van der Waals surface area contributed by atoms with Gasteiger partial charge in [-0.05, 0) is 6.92 Å². The van der Waals surface area contributed by atoms with Crippen LogP contribution in [0.4, 0.5) is 0 Å². The third kappa shape index (κ3) is 1.51. The summed E-state index contributed by atoms with van der Waals surface area (Å²) in [6.45, 7) is 1.74. The molecule has 0 aliphatic carbocycles. The number of rotatable bonds is 1. The minimum Gasteiger partial charge on any atom is -0.340 e. The molecule has 0 spiro atoms. The average molecular weight is 176 g/mol. The predicted molar refractivity (Wildman–Crippen MR) is 44.6 cm³/mol. The molecule has 0 N–H and O–H groups in total. The van der Waals surface area contributed by atoms with Gasteiger partial charge in [0.2, 0.25) is 5.82 Å². The highest BCUT2D eigenvalue weighted by Gasteiger charge is 2.04. The third-order valence-corrected chi connectivity index (χ3v) is 1.51. The first-order valence-corrected chi connectivity index (χ1v) is 3.78. The fourth-order valence-electron chi connectivity index (χ4n) is 0.910. The van der Waals surface area contributed by atoms with E-state index in [0.29, 0.717) is 17.3 Å². The Hall–Kier alpha value is -1.85. The molecule has 6 nitrogen and oxygen atoms in total. The number of aryl methyl sites for hydroxylation is 2. The van der Waals surface area contributed by atoms with Gasteiger partial charge in [-0.3, -0.25) is 0 Å². The van der Waals surface area contributed by atoms with Gasteiger partial charge in [0.25, 0.3) is 0 Å². The quantitative estimate of drug-likeness (QED) is 0.610. The second-order valence-corrected chi connectivity index (χ2v) is 2.70. The van der Waals surface area contributed by atoms with Crippen molar-refractivity contribution in [2.45, 2.75) is 6.92 Å². The molecule has 0 bridgehead atoms. The van der Waals surface area contributed by atoms with Crippen LogP contribution in [0.15, 0.2) is 12.5 Å². The standard InChI is InChI=1S/C7H8N6/c1-5-9-11-7(12-10-5)6-3-13(2)4-8-6/h3-4H,1-2H3. The van der Waals surface area contributed by atoms with E-state index in [1.807, 2.05) is 17.8 Å². The number of aromatic nitrogens is 6. The lowest BCUT2D eigenvalue weighted by Gasteiger charge is -1.91. The molecular formula is C7H8N6. The van der Waals surface area contributed by atoms with Crippen molar-refractivity contribution in [3.8, 4) is 11.5 Å². The number of hydrogen-bond acceptors (Lipinski definition) is 5. The zero-order valence-electron chi connectivity index (χ0n) is 7.34. The summed E-state index contributed by atoms with van der Waals surface area (Å²) in [6.07, 6.45) is 3.49. The van der Waals surface area contributed by atoms with Crippen LogP contribution < -0.4 is 0 Å². The van der Waals surface area contributed by atoms with Crippen LogP contribution in [0.2, 0.25) is 0 Å². The molecule has 0 amide bonds. The fourth-order valence-corrected chi connectivity index (χ4v) is 0.910. The molecule has 13 heavy (non-hydrogen) atoms. The third-order valence-electron chi connectivity index (χ3n) is 1.51. The maximum Gasteiger partial charge on any atom is 0.223 e. The molecule has 0 unspecified atom stereocenters. The van der Waals surface area contributed by atoms with Crippen LogP contribution in [-0.2, 0) is 7.05 Å². The Morgan fingerprint density at radius 1 is 1.15 bits per heavy atom. The smallest absolute Gasteiger partial charge is 0.223 e. The molecular weight excluding hydrogens is 168 g/mol. The van der Waals surface area contributed by atoms with Crippen LogP contribution in [0.1, 0.15) is 5.82 Å². The van der Waals surface area contributed by atoms with E-state index in [1.165, 1.54) is 0 Å². The molecule has 0 aliphatic rings. The first-order chi connectivity index (χ1) is 6.25. The normalized spacial score (nSPS) is 10.3. The van der Waals surface area contributed by atoms with Crippen LogP contribution in [0.3, 0.4) is 0 Å². The summed E-state index contributed by atoms with van der Waals surface area (Å²) in [5.74, 6) is 1.01.